The standard InChI is InChI=1S/C20H32N6/c1-16(9-14-25-12-4-10-23-25)21-15-17-5-3-13-26(18-6-7-18)20(17)19-8-11-22-24(19)2/h4,8,10-12,16-18,20-21H,3,5-7,9,13-15H2,1-2H3/t16?,17-,20+/m0/s1. The van der Waals surface area contributed by atoms with Crippen LogP contribution in [-0.4, -0.2) is 49.6 Å². The van der Waals surface area contributed by atoms with Crippen LogP contribution in [0.2, 0.25) is 0 Å². The van der Waals surface area contributed by atoms with Crippen LogP contribution in [0.4, 0.5) is 0 Å². The first-order chi connectivity index (χ1) is 12.7. The summed E-state index contributed by atoms with van der Waals surface area (Å²) in [5.41, 5.74) is 1.38. The molecular formula is C20H32N6. The third-order valence-electron chi connectivity index (χ3n) is 6.05. The third kappa shape index (κ3) is 4.01. The van der Waals surface area contributed by atoms with Gasteiger partial charge in [-0.2, -0.15) is 10.2 Å². The number of piperidine rings is 1. The SMILES string of the molecule is CC(CCn1cccn1)NC[C@@H]1CCCN(C2CC2)[C@H]1c1ccnn1C. The Morgan fingerprint density at radius 3 is 2.81 bits per heavy atom. The molecule has 1 aliphatic carbocycles. The van der Waals surface area contributed by atoms with Gasteiger partial charge in [0.25, 0.3) is 0 Å². The van der Waals surface area contributed by atoms with Crippen LogP contribution < -0.4 is 5.32 Å². The van der Waals surface area contributed by atoms with Crippen molar-refractivity contribution in [3.63, 3.8) is 0 Å². The highest BCUT2D eigenvalue weighted by molar-refractivity contribution is 5.12. The number of rotatable bonds is 8. The van der Waals surface area contributed by atoms with E-state index in [1.165, 1.54) is 37.9 Å². The van der Waals surface area contributed by atoms with Gasteiger partial charge in [0, 0.05) is 50.8 Å². The van der Waals surface area contributed by atoms with Gasteiger partial charge in [0.05, 0.1) is 11.7 Å². The first-order valence-electron chi connectivity index (χ1n) is 10.2. The van der Waals surface area contributed by atoms with Gasteiger partial charge in [0.15, 0.2) is 0 Å². The van der Waals surface area contributed by atoms with Gasteiger partial charge in [-0.05, 0) is 63.6 Å². The average Bonchev–Trinajstić information content (AvgIpc) is 3.19. The van der Waals surface area contributed by atoms with Crippen LogP contribution in [0.1, 0.15) is 50.8 Å². The van der Waals surface area contributed by atoms with Crippen molar-refractivity contribution >= 4 is 0 Å². The number of nitrogens with one attached hydrogen (secondary N) is 1. The summed E-state index contributed by atoms with van der Waals surface area (Å²) < 4.78 is 4.10. The second-order valence-corrected chi connectivity index (χ2v) is 8.06. The normalized spacial score (nSPS) is 25.5. The van der Waals surface area contributed by atoms with E-state index in [1.807, 2.05) is 29.3 Å². The van der Waals surface area contributed by atoms with Gasteiger partial charge in [-0.1, -0.05) is 0 Å². The third-order valence-corrected chi connectivity index (χ3v) is 6.05. The summed E-state index contributed by atoms with van der Waals surface area (Å²) in [6.07, 6.45) is 12.3. The van der Waals surface area contributed by atoms with Crippen LogP contribution in [0.25, 0.3) is 0 Å². The van der Waals surface area contributed by atoms with Crippen molar-refractivity contribution in [1.29, 1.82) is 0 Å². The Labute approximate surface area is 156 Å². The lowest BCUT2D eigenvalue weighted by Gasteiger charge is -2.42. The lowest BCUT2D eigenvalue weighted by atomic mass is 9.86. The molecule has 1 N–H and O–H groups in total. The van der Waals surface area contributed by atoms with Crippen molar-refractivity contribution in [1.82, 2.24) is 29.8 Å². The zero-order valence-electron chi connectivity index (χ0n) is 16.1. The summed E-state index contributed by atoms with van der Waals surface area (Å²) in [7, 11) is 2.09. The minimum Gasteiger partial charge on any atom is -0.314 e. The van der Waals surface area contributed by atoms with E-state index < -0.39 is 0 Å². The Balaban J connectivity index is 1.37. The number of likely N-dealkylation sites (tertiary alicyclic amines) is 1. The molecule has 1 unspecified atom stereocenters. The first-order valence-corrected chi connectivity index (χ1v) is 10.2. The van der Waals surface area contributed by atoms with E-state index >= 15 is 0 Å². The first kappa shape index (κ1) is 17.7. The zero-order valence-corrected chi connectivity index (χ0v) is 16.1. The molecule has 0 spiro atoms. The van der Waals surface area contributed by atoms with Crippen LogP contribution in [-0.2, 0) is 13.6 Å². The van der Waals surface area contributed by atoms with Crippen molar-refractivity contribution in [3.05, 3.63) is 36.4 Å². The van der Waals surface area contributed by atoms with E-state index in [-0.39, 0.29) is 0 Å². The van der Waals surface area contributed by atoms with Crippen molar-refractivity contribution in [2.24, 2.45) is 13.0 Å². The number of hydrogen-bond acceptors (Lipinski definition) is 4. The van der Waals surface area contributed by atoms with Gasteiger partial charge in [-0.15, -0.1) is 0 Å². The summed E-state index contributed by atoms with van der Waals surface area (Å²) in [6.45, 7) is 5.60. The van der Waals surface area contributed by atoms with E-state index in [0.717, 1.165) is 25.6 Å². The number of aromatic nitrogens is 4. The highest BCUT2D eigenvalue weighted by Gasteiger charge is 2.41. The van der Waals surface area contributed by atoms with Crippen LogP contribution >= 0.6 is 0 Å². The second-order valence-electron chi connectivity index (χ2n) is 8.06. The predicted molar refractivity (Wildman–Crippen MR) is 103 cm³/mol. The molecule has 4 rings (SSSR count). The molecule has 142 valence electrons. The summed E-state index contributed by atoms with van der Waals surface area (Å²) in [4.78, 5) is 2.77. The molecule has 2 aliphatic rings. The smallest absolute Gasteiger partial charge is 0.0560 e. The molecule has 2 aromatic rings. The van der Waals surface area contributed by atoms with Gasteiger partial charge < -0.3 is 5.32 Å². The summed E-state index contributed by atoms with van der Waals surface area (Å²) in [5, 5.41) is 12.6. The van der Waals surface area contributed by atoms with Crippen molar-refractivity contribution in [2.75, 3.05) is 13.1 Å². The van der Waals surface area contributed by atoms with Crippen molar-refractivity contribution in [3.8, 4) is 0 Å². The summed E-state index contributed by atoms with van der Waals surface area (Å²) in [6, 6.07) is 6.03. The molecule has 1 saturated carbocycles. The Kier molecular flexibility index (Phi) is 5.41. The minimum atomic E-state index is 0.502. The highest BCUT2D eigenvalue weighted by Crippen LogP contribution is 2.42. The van der Waals surface area contributed by atoms with Gasteiger partial charge in [-0.25, -0.2) is 0 Å². The molecule has 2 aromatic heterocycles. The molecule has 0 bridgehead atoms. The molecule has 2 fully saturated rings. The number of nitrogens with zero attached hydrogens (tertiary/aromatic N) is 5. The molecule has 1 aliphatic heterocycles. The molecular weight excluding hydrogens is 324 g/mol. The molecule has 3 heterocycles. The fourth-order valence-corrected chi connectivity index (χ4v) is 4.43. The van der Waals surface area contributed by atoms with E-state index in [1.54, 1.807) is 0 Å². The maximum absolute atomic E-state index is 4.45. The van der Waals surface area contributed by atoms with Crippen LogP contribution in [0.3, 0.4) is 0 Å². The molecule has 0 amide bonds. The second kappa shape index (κ2) is 7.92. The number of aryl methyl sites for hydroxylation is 2. The maximum Gasteiger partial charge on any atom is 0.0560 e. The molecule has 1 saturated heterocycles. The summed E-state index contributed by atoms with van der Waals surface area (Å²) >= 11 is 0. The van der Waals surface area contributed by atoms with Crippen LogP contribution in [0.5, 0.6) is 0 Å². The van der Waals surface area contributed by atoms with Crippen LogP contribution in [0.15, 0.2) is 30.7 Å². The van der Waals surface area contributed by atoms with Crippen molar-refractivity contribution < 1.29 is 0 Å². The van der Waals surface area contributed by atoms with Gasteiger partial charge >= 0.3 is 0 Å². The molecule has 26 heavy (non-hydrogen) atoms. The fraction of sp³-hybridized carbons (Fsp3) is 0.700. The molecule has 3 atom stereocenters. The Morgan fingerprint density at radius 1 is 1.23 bits per heavy atom. The minimum absolute atomic E-state index is 0.502. The fourth-order valence-electron chi connectivity index (χ4n) is 4.43. The van der Waals surface area contributed by atoms with Gasteiger partial charge in [-0.3, -0.25) is 14.3 Å². The monoisotopic (exact) mass is 356 g/mol. The topological polar surface area (TPSA) is 50.9 Å². The Hall–Kier alpha value is -1.66. The molecule has 0 aromatic carbocycles. The quantitative estimate of drug-likeness (QED) is 0.790. The van der Waals surface area contributed by atoms with Gasteiger partial charge in [0.2, 0.25) is 0 Å². The maximum atomic E-state index is 4.45. The van der Waals surface area contributed by atoms with Crippen molar-refractivity contribution in [2.45, 2.75) is 63.7 Å². The Morgan fingerprint density at radius 2 is 2.12 bits per heavy atom. The van der Waals surface area contributed by atoms with Crippen LogP contribution in [0, 0.1) is 5.92 Å². The molecule has 6 heteroatoms. The largest absolute Gasteiger partial charge is 0.314 e. The molecule has 6 nitrogen and oxygen atoms in total. The van der Waals surface area contributed by atoms with E-state index in [2.05, 4.69) is 45.1 Å². The predicted octanol–water partition coefficient (Wildman–Crippen LogP) is 2.60. The average molecular weight is 357 g/mol. The van der Waals surface area contributed by atoms with E-state index in [4.69, 9.17) is 0 Å². The summed E-state index contributed by atoms with van der Waals surface area (Å²) in [5.74, 6) is 0.659. The lowest BCUT2D eigenvalue weighted by molar-refractivity contribution is 0.0764. The van der Waals surface area contributed by atoms with E-state index in [9.17, 15) is 0 Å². The zero-order chi connectivity index (χ0) is 17.9. The molecule has 0 radical (unpaired) electrons. The highest BCUT2D eigenvalue weighted by atomic mass is 15.3. The number of hydrogen-bond donors (Lipinski definition) is 1. The van der Waals surface area contributed by atoms with Gasteiger partial charge in [0.1, 0.15) is 0 Å². The lowest BCUT2D eigenvalue weighted by Crippen LogP contribution is -2.45. The van der Waals surface area contributed by atoms with E-state index in [0.29, 0.717) is 18.0 Å². The Bertz CT molecular complexity index is 674.